The van der Waals surface area contributed by atoms with E-state index in [4.69, 9.17) is 0 Å². The van der Waals surface area contributed by atoms with Crippen molar-refractivity contribution in [2.75, 3.05) is 30.8 Å². The third kappa shape index (κ3) is 5.79. The molecule has 0 saturated carbocycles. The van der Waals surface area contributed by atoms with E-state index < -0.39 is 0 Å². The van der Waals surface area contributed by atoms with Crippen LogP contribution in [0.25, 0.3) is 0 Å². The minimum Gasteiger partial charge on any atom is -0.322 e. The van der Waals surface area contributed by atoms with Crippen LogP contribution in [0.2, 0.25) is 0 Å². The molecule has 5 nitrogen and oxygen atoms in total. The number of amides is 2. The number of rotatable bonds is 6. The zero-order chi connectivity index (χ0) is 17.5. The van der Waals surface area contributed by atoms with Crippen LogP contribution in [0.1, 0.15) is 5.56 Å². The van der Waals surface area contributed by atoms with Crippen molar-refractivity contribution in [3.05, 3.63) is 58.6 Å². The first kappa shape index (κ1) is 18.2. The highest BCUT2D eigenvalue weighted by atomic mass is 79.9. The molecule has 1 unspecified atom stereocenters. The summed E-state index contributed by atoms with van der Waals surface area (Å²) in [4.78, 5) is 24.9. The van der Waals surface area contributed by atoms with Crippen LogP contribution in [-0.4, -0.2) is 32.0 Å². The number of carbonyl (C=O) groups is 2. The minimum atomic E-state index is -0.120. The molecule has 2 amide bonds. The Morgan fingerprint density at radius 2 is 1.62 bits per heavy atom. The first-order chi connectivity index (χ1) is 11.4. The summed E-state index contributed by atoms with van der Waals surface area (Å²) in [7, 11) is 1.82. The van der Waals surface area contributed by atoms with E-state index in [2.05, 4.69) is 26.6 Å². The van der Waals surface area contributed by atoms with Crippen LogP contribution in [-0.2, 0) is 9.59 Å². The standard InChI is InChI=1S/C18H20BrN3O2/c1-13-10-14(19)8-9-16(13)21-18(24)12-22(2)11-17(23)20-15-6-4-3-5-7-15/h3-10H,11-12H2,1-2H3,(H,20,23)(H,21,24)/p+1. The van der Waals surface area contributed by atoms with E-state index in [1.807, 2.05) is 62.5 Å². The molecule has 6 heteroatoms. The Kier molecular flexibility index (Phi) is 6.52. The third-order valence-corrected chi connectivity index (χ3v) is 3.94. The number of carbonyl (C=O) groups excluding carboxylic acids is 2. The second-order valence-electron chi connectivity index (χ2n) is 5.73. The molecule has 0 aromatic heterocycles. The van der Waals surface area contributed by atoms with E-state index in [0.29, 0.717) is 0 Å². The Balaban J connectivity index is 1.81. The molecule has 1 atom stereocenters. The molecule has 0 spiro atoms. The summed E-state index contributed by atoms with van der Waals surface area (Å²) >= 11 is 3.40. The van der Waals surface area contributed by atoms with Crippen LogP contribution in [0.4, 0.5) is 11.4 Å². The van der Waals surface area contributed by atoms with Crippen molar-refractivity contribution < 1.29 is 14.5 Å². The molecule has 0 aliphatic rings. The van der Waals surface area contributed by atoms with Crippen molar-refractivity contribution in [3.8, 4) is 0 Å². The number of anilines is 2. The first-order valence-electron chi connectivity index (χ1n) is 7.66. The quantitative estimate of drug-likeness (QED) is 0.704. The highest BCUT2D eigenvalue weighted by Crippen LogP contribution is 2.19. The highest BCUT2D eigenvalue weighted by Gasteiger charge is 2.15. The average molecular weight is 391 g/mol. The van der Waals surface area contributed by atoms with E-state index in [0.717, 1.165) is 26.3 Å². The Bertz CT molecular complexity index is 719. The van der Waals surface area contributed by atoms with Gasteiger partial charge in [0.25, 0.3) is 11.8 Å². The van der Waals surface area contributed by atoms with E-state index in [1.165, 1.54) is 0 Å². The van der Waals surface area contributed by atoms with Gasteiger partial charge >= 0.3 is 0 Å². The molecule has 0 fully saturated rings. The summed E-state index contributed by atoms with van der Waals surface area (Å²) in [6.45, 7) is 2.38. The van der Waals surface area contributed by atoms with Gasteiger partial charge in [-0.25, -0.2) is 0 Å². The van der Waals surface area contributed by atoms with Crippen molar-refractivity contribution in [2.45, 2.75) is 6.92 Å². The summed E-state index contributed by atoms with van der Waals surface area (Å²) in [5.74, 6) is -0.239. The fourth-order valence-corrected chi connectivity index (χ4v) is 2.77. The molecular formula is C18H21BrN3O2+. The average Bonchev–Trinajstić information content (AvgIpc) is 2.50. The number of hydrogen-bond donors (Lipinski definition) is 3. The van der Waals surface area contributed by atoms with Crippen molar-refractivity contribution in [3.63, 3.8) is 0 Å². The van der Waals surface area contributed by atoms with Crippen molar-refractivity contribution >= 4 is 39.1 Å². The highest BCUT2D eigenvalue weighted by molar-refractivity contribution is 9.10. The van der Waals surface area contributed by atoms with Gasteiger partial charge in [-0.3, -0.25) is 9.59 Å². The second kappa shape index (κ2) is 8.61. The number of halogens is 1. The fraction of sp³-hybridized carbons (Fsp3) is 0.222. The number of likely N-dealkylation sites (N-methyl/N-ethyl adjacent to an activating group) is 1. The SMILES string of the molecule is Cc1cc(Br)ccc1NC(=O)C[NH+](C)CC(=O)Nc1ccccc1. The first-order valence-corrected chi connectivity index (χ1v) is 8.45. The van der Waals surface area contributed by atoms with Crippen LogP contribution in [0.15, 0.2) is 53.0 Å². The van der Waals surface area contributed by atoms with Gasteiger partial charge < -0.3 is 15.5 Å². The van der Waals surface area contributed by atoms with Crippen molar-refractivity contribution in [2.24, 2.45) is 0 Å². The number of benzene rings is 2. The minimum absolute atomic E-state index is 0.119. The Morgan fingerprint density at radius 3 is 2.25 bits per heavy atom. The number of para-hydroxylation sites is 1. The summed E-state index contributed by atoms with van der Waals surface area (Å²) in [5.41, 5.74) is 2.52. The van der Waals surface area contributed by atoms with Gasteiger partial charge in [-0.1, -0.05) is 34.1 Å². The van der Waals surface area contributed by atoms with E-state index in [9.17, 15) is 9.59 Å². The summed E-state index contributed by atoms with van der Waals surface area (Å²) < 4.78 is 0.971. The number of aryl methyl sites for hydroxylation is 1. The predicted octanol–water partition coefficient (Wildman–Crippen LogP) is 1.85. The van der Waals surface area contributed by atoms with Crippen molar-refractivity contribution in [1.82, 2.24) is 0 Å². The van der Waals surface area contributed by atoms with Gasteiger partial charge in [-0.2, -0.15) is 0 Å². The zero-order valence-electron chi connectivity index (χ0n) is 13.7. The molecule has 0 heterocycles. The maximum Gasteiger partial charge on any atom is 0.279 e. The summed E-state index contributed by atoms with van der Waals surface area (Å²) in [5, 5.41) is 5.69. The lowest BCUT2D eigenvalue weighted by Crippen LogP contribution is -3.11. The molecule has 0 aliphatic carbocycles. The molecular weight excluding hydrogens is 370 g/mol. The van der Waals surface area contributed by atoms with E-state index >= 15 is 0 Å². The molecule has 126 valence electrons. The topological polar surface area (TPSA) is 62.6 Å². The van der Waals surface area contributed by atoms with Crippen LogP contribution >= 0.6 is 15.9 Å². The second-order valence-corrected chi connectivity index (χ2v) is 6.65. The van der Waals surface area contributed by atoms with Crippen LogP contribution < -0.4 is 15.5 Å². The molecule has 0 aliphatic heterocycles. The van der Waals surface area contributed by atoms with Crippen molar-refractivity contribution in [1.29, 1.82) is 0 Å². The summed E-state index contributed by atoms with van der Waals surface area (Å²) in [6, 6.07) is 15.0. The lowest BCUT2D eigenvalue weighted by Gasteiger charge is -2.14. The fourth-order valence-electron chi connectivity index (χ4n) is 2.30. The number of hydrogen-bond acceptors (Lipinski definition) is 2. The molecule has 0 radical (unpaired) electrons. The Labute approximate surface area is 150 Å². The van der Waals surface area contributed by atoms with Gasteiger partial charge in [-0.05, 0) is 42.8 Å². The van der Waals surface area contributed by atoms with Gasteiger partial charge in [0.15, 0.2) is 13.1 Å². The predicted molar refractivity (Wildman–Crippen MR) is 99.2 cm³/mol. The third-order valence-electron chi connectivity index (χ3n) is 3.44. The lowest BCUT2D eigenvalue weighted by atomic mass is 10.2. The van der Waals surface area contributed by atoms with Gasteiger partial charge in [0.1, 0.15) is 0 Å². The zero-order valence-corrected chi connectivity index (χ0v) is 15.3. The maximum atomic E-state index is 12.1. The molecule has 2 rings (SSSR count). The van der Waals surface area contributed by atoms with Gasteiger partial charge in [0, 0.05) is 15.8 Å². The molecule has 0 bridgehead atoms. The van der Waals surface area contributed by atoms with Gasteiger partial charge in [-0.15, -0.1) is 0 Å². The normalized spacial score (nSPS) is 11.6. The van der Waals surface area contributed by atoms with Crippen LogP contribution in [0.3, 0.4) is 0 Å². The van der Waals surface area contributed by atoms with Crippen LogP contribution in [0.5, 0.6) is 0 Å². The summed E-state index contributed by atoms with van der Waals surface area (Å²) in [6.07, 6.45) is 0. The number of quaternary nitrogens is 1. The maximum absolute atomic E-state index is 12.1. The number of nitrogens with one attached hydrogen (secondary N) is 3. The molecule has 0 saturated heterocycles. The van der Waals surface area contributed by atoms with Gasteiger partial charge in [0.05, 0.1) is 7.05 Å². The monoisotopic (exact) mass is 390 g/mol. The Hall–Kier alpha value is -2.18. The molecule has 24 heavy (non-hydrogen) atoms. The molecule has 2 aromatic rings. The molecule has 2 aromatic carbocycles. The van der Waals surface area contributed by atoms with E-state index in [1.54, 1.807) is 0 Å². The van der Waals surface area contributed by atoms with Gasteiger partial charge in [0.2, 0.25) is 0 Å². The largest absolute Gasteiger partial charge is 0.322 e. The Morgan fingerprint density at radius 1 is 1.00 bits per heavy atom. The molecule has 3 N–H and O–H groups in total. The smallest absolute Gasteiger partial charge is 0.279 e. The van der Waals surface area contributed by atoms with Crippen LogP contribution in [0, 0.1) is 6.92 Å². The van der Waals surface area contributed by atoms with E-state index in [-0.39, 0.29) is 24.9 Å². The lowest BCUT2D eigenvalue weighted by molar-refractivity contribution is -0.862.